The zero-order valence-corrected chi connectivity index (χ0v) is 16.5. The number of aromatic nitrogens is 3. The minimum absolute atomic E-state index is 0.314. The third-order valence-corrected chi connectivity index (χ3v) is 4.62. The van der Waals surface area contributed by atoms with E-state index in [1.807, 2.05) is 19.1 Å². The van der Waals surface area contributed by atoms with Crippen LogP contribution in [0.5, 0.6) is 0 Å². The van der Waals surface area contributed by atoms with Crippen LogP contribution in [0.15, 0.2) is 28.8 Å². The van der Waals surface area contributed by atoms with E-state index in [0.717, 1.165) is 36.2 Å². The fourth-order valence-electron chi connectivity index (χ4n) is 3.34. The summed E-state index contributed by atoms with van der Waals surface area (Å²) in [6.45, 7) is 4.50. The molecule has 0 aliphatic carbocycles. The molecule has 2 aromatic heterocycles. The molecule has 0 saturated carbocycles. The zero-order chi connectivity index (χ0) is 20.2. The normalized spacial score (nSPS) is 14.1. The molecule has 3 heterocycles. The van der Waals surface area contributed by atoms with E-state index in [1.165, 1.54) is 5.57 Å². The van der Waals surface area contributed by atoms with Crippen molar-refractivity contribution in [3.05, 3.63) is 35.7 Å². The Morgan fingerprint density at radius 1 is 1.38 bits per heavy atom. The number of nitrogens with zero attached hydrogens (tertiary/aromatic N) is 2. The van der Waals surface area contributed by atoms with E-state index < -0.39 is 0 Å². The Morgan fingerprint density at radius 2 is 2.28 bits per heavy atom. The molecule has 0 bridgehead atoms. The summed E-state index contributed by atoms with van der Waals surface area (Å²) in [5.41, 5.74) is 4.49. The third-order valence-electron chi connectivity index (χ3n) is 4.62. The van der Waals surface area contributed by atoms with Gasteiger partial charge in [-0.25, -0.2) is 14.8 Å². The van der Waals surface area contributed by atoms with Gasteiger partial charge in [0.2, 0.25) is 11.8 Å². The second-order valence-corrected chi connectivity index (χ2v) is 6.75. The monoisotopic (exact) mass is 396 g/mol. The molecule has 9 nitrogen and oxygen atoms in total. The number of imidazole rings is 1. The second-order valence-electron chi connectivity index (χ2n) is 6.75. The molecular weight excluding hydrogens is 372 g/mol. The topological polar surface area (TPSA) is 117 Å². The summed E-state index contributed by atoms with van der Waals surface area (Å²) in [6.07, 6.45) is 4.86. The Balaban J connectivity index is 1.79. The number of oxazole rings is 1. The van der Waals surface area contributed by atoms with E-state index in [1.54, 1.807) is 13.3 Å². The number of methoxy groups -OCH3 is 1. The van der Waals surface area contributed by atoms with Gasteiger partial charge in [0.1, 0.15) is 12.1 Å². The van der Waals surface area contributed by atoms with Crippen LogP contribution in [0.25, 0.3) is 28.1 Å². The Hall–Kier alpha value is -3.17. The van der Waals surface area contributed by atoms with Crippen molar-refractivity contribution in [3.8, 4) is 11.5 Å². The van der Waals surface area contributed by atoms with Crippen molar-refractivity contribution in [1.82, 2.24) is 25.6 Å². The van der Waals surface area contributed by atoms with E-state index in [9.17, 15) is 4.79 Å². The first-order valence-corrected chi connectivity index (χ1v) is 9.60. The van der Waals surface area contributed by atoms with E-state index in [4.69, 9.17) is 9.15 Å². The first-order chi connectivity index (χ1) is 14.2. The quantitative estimate of drug-likeness (QED) is 0.509. The second kappa shape index (κ2) is 8.46. The molecule has 1 aromatic carbocycles. The summed E-state index contributed by atoms with van der Waals surface area (Å²) in [5.74, 6) is 1.46. The standard InChI is InChI=1S/C20H24N6O3/c1-3-22-20(27)26-19-24-16-8-13(12-5-4-6-21-9-12)7-15(17(16)25-19)18-23-10-14(29-18)11-28-2/h5,7-8,10,21H,3-4,6,9,11H2,1-2H3,(H3,22,24,25,26,27). The van der Waals surface area contributed by atoms with E-state index >= 15 is 0 Å². The van der Waals surface area contributed by atoms with Crippen molar-refractivity contribution in [2.24, 2.45) is 0 Å². The molecule has 29 heavy (non-hydrogen) atoms. The highest BCUT2D eigenvalue weighted by Crippen LogP contribution is 2.32. The molecule has 1 aliphatic rings. The molecule has 0 spiro atoms. The maximum Gasteiger partial charge on any atom is 0.321 e. The molecule has 2 amide bonds. The van der Waals surface area contributed by atoms with Crippen molar-refractivity contribution < 1.29 is 13.9 Å². The van der Waals surface area contributed by atoms with E-state index in [-0.39, 0.29) is 6.03 Å². The molecule has 1 aliphatic heterocycles. The molecule has 0 saturated heterocycles. The lowest BCUT2D eigenvalue weighted by atomic mass is 9.99. The predicted octanol–water partition coefficient (Wildman–Crippen LogP) is 2.88. The number of nitrogens with one attached hydrogen (secondary N) is 4. The number of urea groups is 1. The van der Waals surface area contributed by atoms with Crippen molar-refractivity contribution in [2.75, 3.05) is 32.1 Å². The average molecular weight is 396 g/mol. The van der Waals surface area contributed by atoms with Gasteiger partial charge in [0.05, 0.1) is 17.3 Å². The van der Waals surface area contributed by atoms with Crippen LogP contribution in [0, 0.1) is 0 Å². The Bertz CT molecular complexity index is 1050. The summed E-state index contributed by atoms with van der Waals surface area (Å²) in [6, 6.07) is 3.75. The SMILES string of the molecule is CCNC(=O)Nc1nc2c(-c3ncc(COC)o3)cc(C3=CCCNC3)cc2[nH]1. The Labute approximate surface area is 167 Å². The van der Waals surface area contributed by atoms with Crippen molar-refractivity contribution in [1.29, 1.82) is 0 Å². The number of hydrogen-bond acceptors (Lipinski definition) is 6. The fraction of sp³-hybridized carbons (Fsp3) is 0.350. The van der Waals surface area contributed by atoms with Crippen molar-refractivity contribution >= 4 is 28.6 Å². The summed E-state index contributed by atoms with van der Waals surface area (Å²) < 4.78 is 11.0. The van der Waals surface area contributed by atoms with Gasteiger partial charge in [0.25, 0.3) is 0 Å². The third kappa shape index (κ3) is 4.15. The molecule has 3 aromatic rings. The fourth-order valence-corrected chi connectivity index (χ4v) is 3.34. The minimum Gasteiger partial charge on any atom is -0.439 e. The number of benzene rings is 1. The van der Waals surface area contributed by atoms with E-state index in [2.05, 4.69) is 37.0 Å². The van der Waals surface area contributed by atoms with Crippen LogP contribution in [0.2, 0.25) is 0 Å². The van der Waals surface area contributed by atoms with Gasteiger partial charge in [-0.3, -0.25) is 5.32 Å². The predicted molar refractivity (Wildman–Crippen MR) is 110 cm³/mol. The number of amides is 2. The number of H-pyrrole nitrogens is 1. The molecule has 0 atom stereocenters. The maximum absolute atomic E-state index is 11.9. The van der Waals surface area contributed by atoms with Crippen molar-refractivity contribution in [3.63, 3.8) is 0 Å². The Kier molecular flexibility index (Phi) is 5.59. The highest BCUT2D eigenvalue weighted by molar-refractivity contribution is 5.96. The van der Waals surface area contributed by atoms with Gasteiger partial charge in [0, 0.05) is 20.2 Å². The highest BCUT2D eigenvalue weighted by atomic mass is 16.5. The number of ether oxygens (including phenoxy) is 1. The van der Waals surface area contributed by atoms with Crippen LogP contribution in [0.3, 0.4) is 0 Å². The van der Waals surface area contributed by atoms with Crippen LogP contribution >= 0.6 is 0 Å². The number of rotatable bonds is 6. The molecule has 0 fully saturated rings. The van der Waals surface area contributed by atoms with Crippen LogP contribution in [-0.2, 0) is 11.3 Å². The summed E-state index contributed by atoms with van der Waals surface area (Å²) in [4.78, 5) is 24.0. The summed E-state index contributed by atoms with van der Waals surface area (Å²) >= 11 is 0. The highest BCUT2D eigenvalue weighted by Gasteiger charge is 2.18. The van der Waals surface area contributed by atoms with Crippen LogP contribution in [0.4, 0.5) is 10.7 Å². The van der Waals surface area contributed by atoms with Crippen molar-refractivity contribution in [2.45, 2.75) is 20.0 Å². The molecular formula is C20H24N6O3. The number of anilines is 1. The van der Waals surface area contributed by atoms with Crippen LogP contribution in [-0.4, -0.2) is 47.7 Å². The first-order valence-electron chi connectivity index (χ1n) is 9.60. The molecule has 0 radical (unpaired) electrons. The number of aromatic amines is 1. The number of hydrogen-bond donors (Lipinski definition) is 4. The lowest BCUT2D eigenvalue weighted by Crippen LogP contribution is -2.28. The minimum atomic E-state index is -0.314. The van der Waals surface area contributed by atoms with Gasteiger partial charge in [-0.05, 0) is 43.2 Å². The summed E-state index contributed by atoms with van der Waals surface area (Å²) in [5, 5.41) is 8.81. The molecule has 4 rings (SSSR count). The van der Waals surface area contributed by atoms with Gasteiger partial charge in [0.15, 0.2) is 5.76 Å². The van der Waals surface area contributed by atoms with Gasteiger partial charge in [-0.2, -0.15) is 0 Å². The Morgan fingerprint density at radius 3 is 3.03 bits per heavy atom. The number of carbonyl (C=O) groups is 1. The molecule has 152 valence electrons. The smallest absolute Gasteiger partial charge is 0.321 e. The van der Waals surface area contributed by atoms with Crippen LogP contribution < -0.4 is 16.0 Å². The number of carbonyl (C=O) groups excluding carboxylic acids is 1. The first kappa shape index (κ1) is 19.2. The maximum atomic E-state index is 11.9. The van der Waals surface area contributed by atoms with Gasteiger partial charge >= 0.3 is 6.03 Å². The lowest BCUT2D eigenvalue weighted by Gasteiger charge is -2.15. The lowest BCUT2D eigenvalue weighted by molar-refractivity contribution is 0.165. The molecule has 4 N–H and O–H groups in total. The van der Waals surface area contributed by atoms with Crippen LogP contribution in [0.1, 0.15) is 24.7 Å². The number of fused-ring (bicyclic) bond motifs is 1. The van der Waals surface area contributed by atoms with E-state index in [0.29, 0.717) is 36.3 Å². The van der Waals surface area contributed by atoms with Gasteiger partial charge in [-0.1, -0.05) is 6.08 Å². The zero-order valence-electron chi connectivity index (χ0n) is 16.5. The summed E-state index contributed by atoms with van der Waals surface area (Å²) in [7, 11) is 1.61. The average Bonchev–Trinajstić information content (AvgIpc) is 3.35. The van der Waals surface area contributed by atoms with Gasteiger partial charge < -0.3 is 24.8 Å². The molecule has 9 heteroatoms. The van der Waals surface area contributed by atoms with Gasteiger partial charge in [-0.15, -0.1) is 0 Å². The largest absolute Gasteiger partial charge is 0.439 e. The molecule has 0 unspecified atom stereocenters.